The van der Waals surface area contributed by atoms with E-state index in [1.54, 1.807) is 15.9 Å². The normalized spacial score (nSPS) is 15.9. The van der Waals surface area contributed by atoms with Gasteiger partial charge in [-0.05, 0) is 24.4 Å². The fraction of sp³-hybridized carbons (Fsp3) is 0.375. The van der Waals surface area contributed by atoms with Gasteiger partial charge in [0.2, 0.25) is 0 Å². The summed E-state index contributed by atoms with van der Waals surface area (Å²) in [5, 5.41) is 14.9. The van der Waals surface area contributed by atoms with Gasteiger partial charge in [-0.25, -0.2) is 4.79 Å². The Morgan fingerprint density at radius 2 is 1.76 bits per heavy atom. The van der Waals surface area contributed by atoms with Gasteiger partial charge in [-0.15, -0.1) is 11.3 Å². The first-order chi connectivity index (χ1) is 12.0. The van der Waals surface area contributed by atoms with Crippen molar-refractivity contribution in [2.75, 3.05) is 26.2 Å². The Kier molecular flexibility index (Phi) is 4.84. The second-order valence-electron chi connectivity index (χ2n) is 5.76. The van der Waals surface area contributed by atoms with E-state index >= 15 is 0 Å². The number of amides is 2. The second-order valence-corrected chi connectivity index (χ2v) is 6.70. The topological polar surface area (TPSA) is 95.7 Å². The zero-order valence-corrected chi connectivity index (χ0v) is 14.5. The zero-order valence-electron chi connectivity index (χ0n) is 13.7. The lowest BCUT2D eigenvalue weighted by atomic mass is 10.2. The van der Waals surface area contributed by atoms with Gasteiger partial charge in [-0.3, -0.25) is 14.3 Å². The lowest BCUT2D eigenvalue weighted by molar-refractivity contribution is -0.140. The summed E-state index contributed by atoms with van der Waals surface area (Å²) in [5.74, 6) is -1.27. The van der Waals surface area contributed by atoms with E-state index in [0.29, 0.717) is 31.1 Å². The summed E-state index contributed by atoms with van der Waals surface area (Å²) in [6.07, 6.45) is 1.49. The van der Waals surface area contributed by atoms with Gasteiger partial charge in [0, 0.05) is 32.4 Å². The zero-order chi connectivity index (χ0) is 18.0. The summed E-state index contributed by atoms with van der Waals surface area (Å²) in [7, 11) is 0. The number of aromatic nitrogens is 2. The van der Waals surface area contributed by atoms with Crippen LogP contribution >= 0.6 is 11.3 Å². The molecular formula is C16H18N4O4S. The van der Waals surface area contributed by atoms with Crippen molar-refractivity contribution in [1.29, 1.82) is 0 Å². The number of aliphatic carboxylic acids is 1. The summed E-state index contributed by atoms with van der Waals surface area (Å²) in [6.45, 7) is 3.29. The highest BCUT2D eigenvalue weighted by molar-refractivity contribution is 7.12. The molecule has 3 heterocycles. The largest absolute Gasteiger partial charge is 0.480 e. The molecule has 0 bridgehead atoms. The van der Waals surface area contributed by atoms with Crippen LogP contribution in [-0.2, 0) is 4.79 Å². The summed E-state index contributed by atoms with van der Waals surface area (Å²) >= 11 is 1.40. The van der Waals surface area contributed by atoms with Crippen molar-refractivity contribution in [2.45, 2.75) is 13.0 Å². The van der Waals surface area contributed by atoms with Gasteiger partial charge in [-0.1, -0.05) is 6.07 Å². The number of carboxylic acids is 1. The van der Waals surface area contributed by atoms with Gasteiger partial charge in [-0.2, -0.15) is 5.10 Å². The molecule has 1 N–H and O–H groups in total. The molecule has 8 nitrogen and oxygen atoms in total. The van der Waals surface area contributed by atoms with Crippen molar-refractivity contribution in [3.63, 3.8) is 0 Å². The van der Waals surface area contributed by atoms with Gasteiger partial charge >= 0.3 is 5.97 Å². The maximum Gasteiger partial charge on any atom is 0.328 e. The summed E-state index contributed by atoms with van der Waals surface area (Å²) in [4.78, 5) is 39.9. The minimum absolute atomic E-state index is 0.0124. The molecule has 2 aromatic heterocycles. The molecule has 1 atom stereocenters. The van der Waals surface area contributed by atoms with Crippen LogP contribution in [0.2, 0.25) is 0 Å². The minimum atomic E-state index is -1.01. The van der Waals surface area contributed by atoms with Crippen LogP contribution in [0.15, 0.2) is 29.8 Å². The van der Waals surface area contributed by atoms with Crippen LogP contribution in [0.1, 0.15) is 33.1 Å². The third-order valence-corrected chi connectivity index (χ3v) is 5.03. The minimum Gasteiger partial charge on any atom is -0.480 e. The number of piperazine rings is 1. The number of rotatable bonds is 4. The van der Waals surface area contributed by atoms with Crippen LogP contribution in [0.5, 0.6) is 0 Å². The molecule has 132 valence electrons. The van der Waals surface area contributed by atoms with Crippen LogP contribution in [0, 0.1) is 0 Å². The SMILES string of the molecule is CC(C(=O)O)n1ccc(C(=O)N2CCN(C(=O)c3cccs3)CC2)n1. The molecule has 25 heavy (non-hydrogen) atoms. The maximum absolute atomic E-state index is 12.5. The average molecular weight is 362 g/mol. The fourth-order valence-electron chi connectivity index (χ4n) is 2.61. The van der Waals surface area contributed by atoms with E-state index in [1.807, 2.05) is 11.4 Å². The van der Waals surface area contributed by atoms with Crippen molar-refractivity contribution in [3.05, 3.63) is 40.3 Å². The monoisotopic (exact) mass is 362 g/mol. The first kappa shape index (κ1) is 17.2. The molecule has 2 amide bonds. The van der Waals surface area contributed by atoms with Crippen molar-refractivity contribution in [3.8, 4) is 0 Å². The number of nitrogens with zero attached hydrogens (tertiary/aromatic N) is 4. The summed E-state index contributed by atoms with van der Waals surface area (Å²) in [5.41, 5.74) is 0.214. The van der Waals surface area contributed by atoms with Gasteiger partial charge in [0.15, 0.2) is 0 Å². The molecule has 0 saturated carbocycles. The highest BCUT2D eigenvalue weighted by Crippen LogP contribution is 2.15. The number of thiophene rings is 1. The first-order valence-electron chi connectivity index (χ1n) is 7.87. The molecular weight excluding hydrogens is 344 g/mol. The van der Waals surface area contributed by atoms with Crippen LogP contribution < -0.4 is 0 Å². The molecule has 0 aromatic carbocycles. The van der Waals surface area contributed by atoms with Crippen molar-refractivity contribution in [2.24, 2.45) is 0 Å². The number of carbonyl (C=O) groups excluding carboxylic acids is 2. The smallest absolute Gasteiger partial charge is 0.328 e. The third kappa shape index (κ3) is 3.55. The molecule has 1 fully saturated rings. The Labute approximate surface area is 148 Å². The van der Waals surface area contributed by atoms with Gasteiger partial charge in [0.1, 0.15) is 11.7 Å². The predicted molar refractivity (Wildman–Crippen MR) is 90.7 cm³/mol. The average Bonchev–Trinajstić information content (AvgIpc) is 3.31. The number of hydrogen-bond acceptors (Lipinski definition) is 5. The van der Waals surface area contributed by atoms with Crippen LogP contribution in [0.25, 0.3) is 0 Å². The molecule has 9 heteroatoms. The molecule has 1 unspecified atom stereocenters. The summed E-state index contributed by atoms with van der Waals surface area (Å²) in [6, 6.07) is 4.32. The standard InChI is InChI=1S/C16H18N4O4S/c1-11(16(23)24)20-5-4-12(17-20)14(21)18-6-8-19(9-7-18)15(22)13-3-2-10-25-13/h2-5,10-11H,6-9H2,1H3,(H,23,24). The van der Waals surface area contributed by atoms with E-state index in [4.69, 9.17) is 5.11 Å². The van der Waals surface area contributed by atoms with E-state index < -0.39 is 12.0 Å². The van der Waals surface area contributed by atoms with Gasteiger partial charge in [0.05, 0.1) is 4.88 Å². The number of carboxylic acid groups (broad SMARTS) is 1. The third-order valence-electron chi connectivity index (χ3n) is 4.17. The van der Waals surface area contributed by atoms with Crippen molar-refractivity contribution < 1.29 is 19.5 Å². The Morgan fingerprint density at radius 3 is 2.32 bits per heavy atom. The molecule has 1 aliphatic rings. The Bertz CT molecular complexity index is 778. The number of hydrogen-bond donors (Lipinski definition) is 1. The van der Waals surface area contributed by atoms with Crippen LogP contribution in [0.4, 0.5) is 0 Å². The molecule has 1 saturated heterocycles. The van der Waals surface area contributed by atoms with Crippen LogP contribution in [-0.4, -0.2) is 68.6 Å². The molecule has 0 spiro atoms. The van der Waals surface area contributed by atoms with Crippen LogP contribution in [0.3, 0.4) is 0 Å². The Morgan fingerprint density at radius 1 is 1.12 bits per heavy atom. The second kappa shape index (κ2) is 7.06. The Hall–Kier alpha value is -2.68. The summed E-state index contributed by atoms with van der Waals surface area (Å²) < 4.78 is 1.26. The fourth-order valence-corrected chi connectivity index (χ4v) is 3.30. The molecule has 2 aromatic rings. The van der Waals surface area contributed by atoms with Gasteiger partial charge < -0.3 is 14.9 Å². The quantitative estimate of drug-likeness (QED) is 0.881. The van der Waals surface area contributed by atoms with E-state index in [9.17, 15) is 14.4 Å². The maximum atomic E-state index is 12.5. The first-order valence-corrected chi connectivity index (χ1v) is 8.75. The van der Waals surface area contributed by atoms with E-state index in [-0.39, 0.29) is 17.5 Å². The Balaban J connectivity index is 1.60. The lowest BCUT2D eigenvalue weighted by Crippen LogP contribution is -2.50. The number of carbonyl (C=O) groups is 3. The molecule has 0 radical (unpaired) electrons. The van der Waals surface area contributed by atoms with E-state index in [2.05, 4.69) is 5.10 Å². The predicted octanol–water partition coefficient (Wildman–Crippen LogP) is 1.19. The van der Waals surface area contributed by atoms with Crippen molar-refractivity contribution >= 4 is 29.1 Å². The highest BCUT2D eigenvalue weighted by Gasteiger charge is 2.27. The van der Waals surface area contributed by atoms with Crippen molar-refractivity contribution in [1.82, 2.24) is 19.6 Å². The highest BCUT2D eigenvalue weighted by atomic mass is 32.1. The van der Waals surface area contributed by atoms with E-state index in [1.165, 1.54) is 35.2 Å². The molecule has 1 aliphatic heterocycles. The van der Waals surface area contributed by atoms with E-state index in [0.717, 1.165) is 0 Å². The molecule has 3 rings (SSSR count). The van der Waals surface area contributed by atoms with Gasteiger partial charge in [0.25, 0.3) is 11.8 Å². The molecule has 0 aliphatic carbocycles. The lowest BCUT2D eigenvalue weighted by Gasteiger charge is -2.34.